The highest BCUT2D eigenvalue weighted by molar-refractivity contribution is 7.15. The second kappa shape index (κ2) is 5.86. The average Bonchev–Trinajstić information content (AvgIpc) is 3.01. The molecule has 2 fully saturated rings. The number of hydrogen-bond acceptors (Lipinski definition) is 5. The zero-order chi connectivity index (χ0) is 15.0. The number of thiazole rings is 1. The standard InChI is InChI=1S/C16H28N4S/c1-12-14(10-17-16(2,3)4)21-15(18-12)20-9-8-19-7-5-6-13(19)11-20/h13,17H,5-11H2,1-4H3. The quantitative estimate of drug-likeness (QED) is 0.930. The van der Waals surface area contributed by atoms with Crippen LogP contribution in [0.4, 0.5) is 5.13 Å². The Kier molecular flexibility index (Phi) is 4.26. The topological polar surface area (TPSA) is 31.4 Å². The van der Waals surface area contributed by atoms with Crippen LogP contribution < -0.4 is 10.2 Å². The lowest BCUT2D eigenvalue weighted by molar-refractivity contribution is 0.231. The smallest absolute Gasteiger partial charge is 0.185 e. The molecule has 118 valence electrons. The van der Waals surface area contributed by atoms with Crippen molar-refractivity contribution < 1.29 is 0 Å². The van der Waals surface area contributed by atoms with Gasteiger partial charge in [0, 0.05) is 42.6 Å². The zero-order valence-corrected chi connectivity index (χ0v) is 14.6. The van der Waals surface area contributed by atoms with E-state index in [1.807, 2.05) is 11.3 Å². The number of hydrogen-bond donors (Lipinski definition) is 1. The largest absolute Gasteiger partial charge is 0.345 e. The summed E-state index contributed by atoms with van der Waals surface area (Å²) in [4.78, 5) is 11.4. The predicted octanol–water partition coefficient (Wildman–Crippen LogP) is 2.62. The lowest BCUT2D eigenvalue weighted by atomic mass is 10.1. The van der Waals surface area contributed by atoms with Crippen molar-refractivity contribution in [1.29, 1.82) is 0 Å². The van der Waals surface area contributed by atoms with Gasteiger partial charge in [-0.05, 0) is 47.1 Å². The summed E-state index contributed by atoms with van der Waals surface area (Å²) < 4.78 is 0. The summed E-state index contributed by atoms with van der Waals surface area (Å²) in [6.07, 6.45) is 2.73. The molecule has 0 bridgehead atoms. The summed E-state index contributed by atoms with van der Waals surface area (Å²) in [5.74, 6) is 0. The van der Waals surface area contributed by atoms with Crippen molar-refractivity contribution in [3.05, 3.63) is 10.6 Å². The maximum Gasteiger partial charge on any atom is 0.185 e. The SMILES string of the molecule is Cc1nc(N2CCN3CCCC3C2)sc1CNC(C)(C)C. The van der Waals surface area contributed by atoms with Gasteiger partial charge in [-0.1, -0.05) is 0 Å². The van der Waals surface area contributed by atoms with Crippen molar-refractivity contribution in [2.24, 2.45) is 0 Å². The van der Waals surface area contributed by atoms with E-state index in [4.69, 9.17) is 4.98 Å². The van der Waals surface area contributed by atoms with Crippen molar-refractivity contribution in [3.8, 4) is 0 Å². The van der Waals surface area contributed by atoms with Crippen LogP contribution in [0.1, 0.15) is 44.2 Å². The first-order valence-electron chi connectivity index (χ1n) is 8.13. The molecule has 1 aromatic heterocycles. The van der Waals surface area contributed by atoms with Crippen LogP contribution in [0.3, 0.4) is 0 Å². The third kappa shape index (κ3) is 3.58. The molecule has 2 saturated heterocycles. The molecule has 2 aliphatic rings. The molecule has 5 heteroatoms. The van der Waals surface area contributed by atoms with E-state index in [9.17, 15) is 0 Å². The first kappa shape index (κ1) is 15.3. The molecule has 2 aliphatic heterocycles. The molecule has 21 heavy (non-hydrogen) atoms. The van der Waals surface area contributed by atoms with Crippen LogP contribution in [0, 0.1) is 6.92 Å². The van der Waals surface area contributed by atoms with E-state index in [0.29, 0.717) is 0 Å². The summed E-state index contributed by atoms with van der Waals surface area (Å²) in [6.45, 7) is 14.5. The van der Waals surface area contributed by atoms with E-state index < -0.39 is 0 Å². The Morgan fingerprint density at radius 2 is 2.10 bits per heavy atom. The third-order valence-electron chi connectivity index (χ3n) is 4.52. The minimum Gasteiger partial charge on any atom is -0.345 e. The van der Waals surface area contributed by atoms with Crippen molar-refractivity contribution in [2.75, 3.05) is 31.1 Å². The fourth-order valence-electron chi connectivity index (χ4n) is 3.22. The number of piperazine rings is 1. The minimum atomic E-state index is 0.159. The van der Waals surface area contributed by atoms with Gasteiger partial charge in [0.2, 0.25) is 0 Å². The molecule has 0 amide bonds. The van der Waals surface area contributed by atoms with E-state index in [1.165, 1.54) is 48.2 Å². The van der Waals surface area contributed by atoms with Crippen molar-refractivity contribution in [3.63, 3.8) is 0 Å². The van der Waals surface area contributed by atoms with Crippen molar-refractivity contribution >= 4 is 16.5 Å². The van der Waals surface area contributed by atoms with Crippen LogP contribution in [-0.2, 0) is 6.54 Å². The van der Waals surface area contributed by atoms with Crippen LogP contribution in [-0.4, -0.2) is 47.6 Å². The fourth-order valence-corrected chi connectivity index (χ4v) is 4.26. The molecule has 4 nitrogen and oxygen atoms in total. The molecule has 0 saturated carbocycles. The van der Waals surface area contributed by atoms with Gasteiger partial charge in [-0.15, -0.1) is 11.3 Å². The molecule has 0 radical (unpaired) electrons. The summed E-state index contributed by atoms with van der Waals surface area (Å²) in [5, 5.41) is 4.80. The summed E-state index contributed by atoms with van der Waals surface area (Å²) in [6, 6.07) is 0.763. The number of fused-ring (bicyclic) bond motifs is 1. The lowest BCUT2D eigenvalue weighted by Gasteiger charge is -2.37. The summed E-state index contributed by atoms with van der Waals surface area (Å²) in [5.41, 5.74) is 1.35. The predicted molar refractivity (Wildman–Crippen MR) is 90.3 cm³/mol. The van der Waals surface area contributed by atoms with E-state index >= 15 is 0 Å². The maximum atomic E-state index is 4.84. The van der Waals surface area contributed by atoms with Crippen LogP contribution in [0.15, 0.2) is 0 Å². The van der Waals surface area contributed by atoms with Crippen LogP contribution in [0.5, 0.6) is 0 Å². The van der Waals surface area contributed by atoms with Crippen LogP contribution in [0.25, 0.3) is 0 Å². The van der Waals surface area contributed by atoms with Gasteiger partial charge in [-0.3, -0.25) is 4.90 Å². The Morgan fingerprint density at radius 1 is 1.29 bits per heavy atom. The van der Waals surface area contributed by atoms with Gasteiger partial charge in [-0.25, -0.2) is 4.98 Å². The summed E-state index contributed by atoms with van der Waals surface area (Å²) in [7, 11) is 0. The Labute approximate surface area is 132 Å². The maximum absolute atomic E-state index is 4.84. The number of anilines is 1. The van der Waals surface area contributed by atoms with Crippen LogP contribution in [0.2, 0.25) is 0 Å². The van der Waals surface area contributed by atoms with Crippen LogP contribution >= 0.6 is 11.3 Å². The Bertz CT molecular complexity index is 491. The fraction of sp³-hybridized carbons (Fsp3) is 0.812. The first-order chi connectivity index (χ1) is 9.92. The second-order valence-electron chi connectivity index (χ2n) is 7.39. The average molecular weight is 308 g/mol. The molecular weight excluding hydrogens is 280 g/mol. The zero-order valence-electron chi connectivity index (χ0n) is 13.8. The number of rotatable bonds is 3. The molecule has 3 rings (SSSR count). The monoisotopic (exact) mass is 308 g/mol. The molecule has 1 aromatic rings. The lowest BCUT2D eigenvalue weighted by Crippen LogP contribution is -2.50. The Morgan fingerprint density at radius 3 is 2.86 bits per heavy atom. The van der Waals surface area contributed by atoms with Gasteiger partial charge in [0.05, 0.1) is 5.69 Å². The Balaban J connectivity index is 1.66. The third-order valence-corrected chi connectivity index (χ3v) is 5.74. The molecule has 0 aromatic carbocycles. The minimum absolute atomic E-state index is 0.159. The van der Waals surface area contributed by atoms with Gasteiger partial charge < -0.3 is 10.2 Å². The van der Waals surface area contributed by atoms with Gasteiger partial charge in [-0.2, -0.15) is 0 Å². The molecular formula is C16H28N4S. The van der Waals surface area contributed by atoms with E-state index in [2.05, 4.69) is 42.8 Å². The Hall–Kier alpha value is -0.650. The number of nitrogens with one attached hydrogen (secondary N) is 1. The normalized spacial score (nSPS) is 23.6. The van der Waals surface area contributed by atoms with Gasteiger partial charge in [0.1, 0.15) is 0 Å². The van der Waals surface area contributed by atoms with E-state index in [0.717, 1.165) is 19.1 Å². The van der Waals surface area contributed by atoms with Crippen molar-refractivity contribution in [1.82, 2.24) is 15.2 Å². The highest BCUT2D eigenvalue weighted by Gasteiger charge is 2.31. The first-order valence-corrected chi connectivity index (χ1v) is 8.94. The molecule has 3 heterocycles. The number of aromatic nitrogens is 1. The molecule has 1 unspecified atom stereocenters. The van der Waals surface area contributed by atoms with E-state index in [1.54, 1.807) is 0 Å². The van der Waals surface area contributed by atoms with Gasteiger partial charge in [0.15, 0.2) is 5.13 Å². The highest BCUT2D eigenvalue weighted by atomic mass is 32.1. The second-order valence-corrected chi connectivity index (χ2v) is 8.45. The van der Waals surface area contributed by atoms with Gasteiger partial charge in [0.25, 0.3) is 0 Å². The van der Waals surface area contributed by atoms with Crippen molar-refractivity contribution in [2.45, 2.75) is 58.7 Å². The molecule has 1 N–H and O–H groups in total. The van der Waals surface area contributed by atoms with E-state index in [-0.39, 0.29) is 5.54 Å². The molecule has 1 atom stereocenters. The highest BCUT2D eigenvalue weighted by Crippen LogP contribution is 2.30. The summed E-state index contributed by atoms with van der Waals surface area (Å²) >= 11 is 1.87. The molecule has 0 aliphatic carbocycles. The van der Waals surface area contributed by atoms with Gasteiger partial charge >= 0.3 is 0 Å². The molecule has 0 spiro atoms. The number of nitrogens with zero attached hydrogens (tertiary/aromatic N) is 3. The number of aryl methyl sites for hydroxylation is 1.